The fourth-order valence-electron chi connectivity index (χ4n) is 3.21. The van der Waals surface area contributed by atoms with Crippen molar-refractivity contribution in [2.24, 2.45) is 0 Å². The molecule has 14 heteroatoms. The van der Waals surface area contributed by atoms with E-state index in [0.29, 0.717) is 0 Å². The molecule has 0 aliphatic rings. The molecule has 0 aliphatic carbocycles. The zero-order valence-electron chi connectivity index (χ0n) is 20.6. The van der Waals surface area contributed by atoms with Gasteiger partial charge in [-0.25, -0.2) is 8.42 Å². The van der Waals surface area contributed by atoms with Gasteiger partial charge in [0.15, 0.2) is 24.8 Å². The normalized spacial score (nSPS) is 13.1. The Bertz CT molecular complexity index is 1280. The summed E-state index contributed by atoms with van der Waals surface area (Å²) in [7, 11) is -7.45. The average molecular weight is 619 g/mol. The van der Waals surface area contributed by atoms with Crippen LogP contribution in [0, 0.1) is 0 Å². The molecule has 220 valence electrons. The molecule has 0 radical (unpaired) electrons. The number of rotatable bonds is 9. The van der Waals surface area contributed by atoms with Crippen LogP contribution in [0.25, 0.3) is 0 Å². The van der Waals surface area contributed by atoms with Gasteiger partial charge in [0.25, 0.3) is 0 Å². The highest BCUT2D eigenvalue weighted by molar-refractivity contribution is 7.97. The van der Waals surface area contributed by atoms with Crippen LogP contribution in [-0.2, 0) is 27.4 Å². The Morgan fingerprint density at radius 2 is 1.05 bits per heavy atom. The molecule has 0 saturated carbocycles. The van der Waals surface area contributed by atoms with Crippen LogP contribution in [0.1, 0.15) is 25.3 Å². The third-order valence-corrected chi connectivity index (χ3v) is 8.48. The third-order valence-electron chi connectivity index (χ3n) is 5.37. The lowest BCUT2D eigenvalue weighted by Crippen LogP contribution is -2.63. The number of benzene rings is 3. The summed E-state index contributed by atoms with van der Waals surface area (Å²) in [6.45, 7) is 2.25. The molecule has 3 aromatic carbocycles. The molecule has 0 aromatic heterocycles. The second kappa shape index (κ2) is 12.9. The SMILES string of the molecule is CCCCc1ccc([S+](c2ccccc2)c2ccccc2)cc1.O=S(=O)([O-])C(F)(F)C(F)(F)C(F)(F)C(F)(F)F. The van der Waals surface area contributed by atoms with E-state index >= 15 is 0 Å². The molecule has 0 spiro atoms. The van der Waals surface area contributed by atoms with Gasteiger partial charge in [0, 0.05) is 0 Å². The van der Waals surface area contributed by atoms with Crippen molar-refractivity contribution in [3.05, 3.63) is 90.5 Å². The largest absolute Gasteiger partial charge is 0.743 e. The number of hydrogen-bond donors (Lipinski definition) is 0. The minimum Gasteiger partial charge on any atom is -0.743 e. The summed E-state index contributed by atoms with van der Waals surface area (Å²) in [6.07, 6.45) is -3.46. The zero-order valence-corrected chi connectivity index (χ0v) is 22.3. The molecule has 0 amide bonds. The van der Waals surface area contributed by atoms with Crippen molar-refractivity contribution >= 4 is 21.0 Å². The molecule has 0 heterocycles. The molecule has 3 nitrogen and oxygen atoms in total. The Morgan fingerprint density at radius 1 is 0.650 bits per heavy atom. The first-order valence-electron chi connectivity index (χ1n) is 11.5. The van der Waals surface area contributed by atoms with Crippen LogP contribution < -0.4 is 0 Å². The van der Waals surface area contributed by atoms with E-state index in [1.54, 1.807) is 0 Å². The van der Waals surface area contributed by atoms with E-state index in [9.17, 15) is 52.5 Å². The number of aryl methyl sites for hydroxylation is 1. The van der Waals surface area contributed by atoms with E-state index in [1.165, 1.54) is 39.5 Å². The molecule has 40 heavy (non-hydrogen) atoms. The summed E-state index contributed by atoms with van der Waals surface area (Å²) in [5, 5.41) is -7.11. The molecule has 3 aromatic rings. The van der Waals surface area contributed by atoms with Gasteiger partial charge in [-0.1, -0.05) is 61.9 Å². The maximum atomic E-state index is 12.2. The van der Waals surface area contributed by atoms with Crippen LogP contribution in [0.5, 0.6) is 0 Å². The zero-order chi connectivity index (χ0) is 30.4. The molecule has 0 atom stereocenters. The van der Waals surface area contributed by atoms with E-state index in [0.717, 1.165) is 0 Å². The van der Waals surface area contributed by atoms with Crippen molar-refractivity contribution in [1.82, 2.24) is 0 Å². The monoisotopic (exact) mass is 618 g/mol. The lowest BCUT2D eigenvalue weighted by Gasteiger charge is -2.34. The van der Waals surface area contributed by atoms with Crippen LogP contribution in [0.15, 0.2) is 99.6 Å². The van der Waals surface area contributed by atoms with E-state index < -0.39 is 33.4 Å². The van der Waals surface area contributed by atoms with E-state index in [4.69, 9.17) is 0 Å². The molecule has 3 rings (SSSR count). The smallest absolute Gasteiger partial charge is 0.460 e. The topological polar surface area (TPSA) is 57.2 Å². The van der Waals surface area contributed by atoms with Crippen molar-refractivity contribution in [2.75, 3.05) is 0 Å². The summed E-state index contributed by atoms with van der Waals surface area (Å²) in [6, 6.07) is 30.9. The number of halogens is 9. The highest BCUT2D eigenvalue weighted by Gasteiger charge is 2.83. The summed E-state index contributed by atoms with van der Waals surface area (Å²) in [5.41, 5.74) is 1.44. The summed E-state index contributed by atoms with van der Waals surface area (Å²) in [5.74, 6) is -14.8. The summed E-state index contributed by atoms with van der Waals surface area (Å²) >= 11 is 0. The number of unbranched alkanes of at least 4 members (excludes halogenated alkanes) is 1. The Balaban J connectivity index is 0.000000296. The second-order valence-corrected chi connectivity index (χ2v) is 11.7. The first-order chi connectivity index (χ1) is 18.4. The van der Waals surface area contributed by atoms with Crippen LogP contribution in [0.3, 0.4) is 0 Å². The van der Waals surface area contributed by atoms with Crippen molar-refractivity contribution in [3.8, 4) is 0 Å². The van der Waals surface area contributed by atoms with Crippen molar-refractivity contribution in [3.63, 3.8) is 0 Å². The maximum absolute atomic E-state index is 12.2. The number of alkyl halides is 9. The first kappa shape index (κ1) is 33.5. The average Bonchev–Trinajstić information content (AvgIpc) is 2.88. The molecule has 0 bridgehead atoms. The van der Waals surface area contributed by atoms with Gasteiger partial charge in [-0.2, -0.15) is 39.5 Å². The molecule has 0 unspecified atom stereocenters. The van der Waals surface area contributed by atoms with E-state index in [2.05, 4.69) is 91.9 Å². The Morgan fingerprint density at radius 3 is 1.40 bits per heavy atom. The lowest BCUT2D eigenvalue weighted by molar-refractivity contribution is -0.382. The van der Waals surface area contributed by atoms with Gasteiger partial charge >= 0.3 is 23.3 Å². The van der Waals surface area contributed by atoms with Crippen LogP contribution >= 0.6 is 0 Å². The van der Waals surface area contributed by atoms with Gasteiger partial charge in [-0.15, -0.1) is 0 Å². The first-order valence-corrected chi connectivity index (χ1v) is 14.1. The van der Waals surface area contributed by atoms with Gasteiger partial charge < -0.3 is 4.55 Å². The van der Waals surface area contributed by atoms with E-state index in [1.807, 2.05) is 0 Å². The third kappa shape index (κ3) is 7.32. The highest BCUT2D eigenvalue weighted by atomic mass is 32.2. The lowest BCUT2D eigenvalue weighted by atomic mass is 10.1. The predicted octanol–water partition coefficient (Wildman–Crippen LogP) is 8.08. The van der Waals surface area contributed by atoms with E-state index in [-0.39, 0.29) is 10.9 Å². The second-order valence-electron chi connectivity index (χ2n) is 8.30. The molecule has 0 aliphatic heterocycles. The Kier molecular flexibility index (Phi) is 10.8. The molecular weight excluding hydrogens is 595 g/mol. The molecule has 0 fully saturated rings. The fraction of sp³-hybridized carbons (Fsp3) is 0.308. The van der Waals surface area contributed by atoms with Crippen LogP contribution in [0.2, 0.25) is 0 Å². The number of hydrogen-bond acceptors (Lipinski definition) is 3. The fourth-order valence-corrected chi connectivity index (χ4v) is 5.74. The van der Waals surface area contributed by atoms with Crippen molar-refractivity contribution in [2.45, 2.75) is 64.1 Å². The molecule has 0 N–H and O–H groups in total. The van der Waals surface area contributed by atoms with Crippen LogP contribution in [-0.4, -0.2) is 36.2 Å². The van der Waals surface area contributed by atoms with Crippen LogP contribution in [0.4, 0.5) is 39.5 Å². The maximum Gasteiger partial charge on any atom is 0.460 e. The Labute approximate surface area is 228 Å². The van der Waals surface area contributed by atoms with Gasteiger partial charge in [0.05, 0.1) is 10.9 Å². The van der Waals surface area contributed by atoms with Gasteiger partial charge in [-0.05, 0) is 54.8 Å². The standard InChI is InChI=1S/C22H23S.C4HF9O3S/c1-2-3-10-19-15-17-22(18-16-19)23(20-11-6-4-7-12-20)21-13-8-5-9-14-21;5-1(6,3(9,10)11)2(7,8)4(12,13)17(14,15)16/h4-9,11-18H,2-3,10H2,1H3;(H,14,15,16)/q+1;/p-1. The summed E-state index contributed by atoms with van der Waals surface area (Å²) in [4.78, 5) is 4.14. The van der Waals surface area contributed by atoms with Crippen molar-refractivity contribution < 1.29 is 52.5 Å². The molecular formula is C26H23F9O3S2. The quantitative estimate of drug-likeness (QED) is 0.138. The predicted molar refractivity (Wildman–Crippen MR) is 131 cm³/mol. The summed E-state index contributed by atoms with van der Waals surface area (Å²) < 4.78 is 135. The minimum absolute atomic E-state index is 0.0286. The van der Waals surface area contributed by atoms with Gasteiger partial charge in [-0.3, -0.25) is 0 Å². The molecule has 0 saturated heterocycles. The van der Waals surface area contributed by atoms with Crippen molar-refractivity contribution in [1.29, 1.82) is 0 Å². The Hall–Kier alpha value is -2.71. The minimum atomic E-state index is -7.43. The highest BCUT2D eigenvalue weighted by Crippen LogP contribution is 2.54. The van der Waals surface area contributed by atoms with Gasteiger partial charge in [0.2, 0.25) is 0 Å². The van der Waals surface area contributed by atoms with Gasteiger partial charge in [0.1, 0.15) is 0 Å².